The maximum absolute atomic E-state index is 13.3. The third kappa shape index (κ3) is 4.22. The number of amides is 3. The van der Waals surface area contributed by atoms with Crippen molar-refractivity contribution in [2.24, 2.45) is 0 Å². The number of nitrogens with one attached hydrogen (secondary N) is 3. The molecule has 1 fully saturated rings. The molecule has 2 rings (SSSR count). The van der Waals surface area contributed by atoms with Crippen LogP contribution in [0.1, 0.15) is 28.8 Å². The van der Waals surface area contributed by atoms with Gasteiger partial charge in [0.25, 0.3) is 5.91 Å². The van der Waals surface area contributed by atoms with E-state index in [-0.39, 0.29) is 17.5 Å². The highest BCUT2D eigenvalue weighted by molar-refractivity contribution is 5.94. The maximum Gasteiger partial charge on any atom is 0.315 e. The zero-order valence-corrected chi connectivity index (χ0v) is 11.3. The van der Waals surface area contributed by atoms with E-state index < -0.39 is 5.82 Å². The summed E-state index contributed by atoms with van der Waals surface area (Å²) in [6, 6.07) is 4.42. The lowest BCUT2D eigenvalue weighted by atomic mass is 10.1. The second-order valence-electron chi connectivity index (χ2n) is 4.89. The first kappa shape index (κ1) is 14.3. The standard InChI is InChI=1S/C14H18FN3O2/c1-9-2-3-10(8-12(9)15)13(19)16-6-7-17-14(20)18-11-4-5-11/h2-3,8,11H,4-7H2,1H3,(H,16,19)(H2,17,18,20). The molecule has 0 heterocycles. The molecular formula is C14H18FN3O2. The number of benzene rings is 1. The monoisotopic (exact) mass is 279 g/mol. The highest BCUT2D eigenvalue weighted by Gasteiger charge is 2.22. The van der Waals surface area contributed by atoms with Gasteiger partial charge < -0.3 is 16.0 Å². The van der Waals surface area contributed by atoms with E-state index in [9.17, 15) is 14.0 Å². The number of urea groups is 1. The summed E-state index contributed by atoms with van der Waals surface area (Å²) in [6.07, 6.45) is 2.06. The summed E-state index contributed by atoms with van der Waals surface area (Å²) in [5.74, 6) is -0.757. The van der Waals surface area contributed by atoms with Gasteiger partial charge in [-0.15, -0.1) is 0 Å². The van der Waals surface area contributed by atoms with Crippen molar-refractivity contribution in [1.82, 2.24) is 16.0 Å². The molecule has 1 aromatic carbocycles. The van der Waals surface area contributed by atoms with Crippen LogP contribution in [0.3, 0.4) is 0 Å². The summed E-state index contributed by atoms with van der Waals surface area (Å²) < 4.78 is 13.3. The Balaban J connectivity index is 1.68. The van der Waals surface area contributed by atoms with Crippen LogP contribution in [0.5, 0.6) is 0 Å². The van der Waals surface area contributed by atoms with Gasteiger partial charge in [0.15, 0.2) is 0 Å². The van der Waals surface area contributed by atoms with Gasteiger partial charge in [-0.1, -0.05) is 6.07 Å². The second kappa shape index (κ2) is 6.36. The van der Waals surface area contributed by atoms with E-state index in [0.717, 1.165) is 12.8 Å². The van der Waals surface area contributed by atoms with Gasteiger partial charge in [-0.2, -0.15) is 0 Å². The Morgan fingerprint density at radius 2 is 1.95 bits per heavy atom. The van der Waals surface area contributed by atoms with Gasteiger partial charge >= 0.3 is 6.03 Å². The Kier molecular flexibility index (Phi) is 4.55. The Morgan fingerprint density at radius 1 is 1.25 bits per heavy atom. The summed E-state index contributed by atoms with van der Waals surface area (Å²) in [6.45, 7) is 2.27. The average Bonchev–Trinajstić information content (AvgIpc) is 3.21. The van der Waals surface area contributed by atoms with E-state index in [4.69, 9.17) is 0 Å². The number of aryl methyl sites for hydroxylation is 1. The minimum atomic E-state index is -0.403. The molecule has 3 amide bonds. The molecule has 0 atom stereocenters. The van der Waals surface area contributed by atoms with E-state index in [2.05, 4.69) is 16.0 Å². The molecule has 1 aliphatic rings. The summed E-state index contributed by atoms with van der Waals surface area (Å²) in [7, 11) is 0. The fourth-order valence-electron chi connectivity index (χ4n) is 1.65. The van der Waals surface area contributed by atoms with Crippen molar-refractivity contribution in [3.63, 3.8) is 0 Å². The maximum atomic E-state index is 13.3. The Morgan fingerprint density at radius 3 is 2.60 bits per heavy atom. The van der Waals surface area contributed by atoms with Crippen molar-refractivity contribution in [1.29, 1.82) is 0 Å². The van der Waals surface area contributed by atoms with Crippen LogP contribution in [0.4, 0.5) is 9.18 Å². The number of hydrogen-bond donors (Lipinski definition) is 3. The molecule has 1 aliphatic carbocycles. The summed E-state index contributed by atoms with van der Waals surface area (Å²) in [5, 5.41) is 8.04. The van der Waals surface area contributed by atoms with Crippen molar-refractivity contribution in [2.45, 2.75) is 25.8 Å². The van der Waals surface area contributed by atoms with Gasteiger partial charge in [-0.05, 0) is 37.5 Å². The van der Waals surface area contributed by atoms with E-state index >= 15 is 0 Å². The minimum Gasteiger partial charge on any atom is -0.350 e. The van der Waals surface area contributed by atoms with Crippen LogP contribution in [0, 0.1) is 12.7 Å². The van der Waals surface area contributed by atoms with Gasteiger partial charge in [0.2, 0.25) is 0 Å². The molecule has 0 radical (unpaired) electrons. The van der Waals surface area contributed by atoms with Crippen molar-refractivity contribution in [2.75, 3.05) is 13.1 Å². The first-order valence-corrected chi connectivity index (χ1v) is 6.65. The molecule has 108 valence electrons. The van der Waals surface area contributed by atoms with Crippen molar-refractivity contribution >= 4 is 11.9 Å². The molecule has 0 bridgehead atoms. The third-order valence-electron chi connectivity index (χ3n) is 3.04. The van der Waals surface area contributed by atoms with Crippen LogP contribution in [-0.4, -0.2) is 31.1 Å². The predicted molar refractivity (Wildman–Crippen MR) is 73.0 cm³/mol. The quantitative estimate of drug-likeness (QED) is 0.712. The Hall–Kier alpha value is -2.11. The van der Waals surface area contributed by atoms with Crippen LogP contribution < -0.4 is 16.0 Å². The summed E-state index contributed by atoms with van der Waals surface area (Å²) >= 11 is 0. The zero-order chi connectivity index (χ0) is 14.5. The highest BCUT2D eigenvalue weighted by atomic mass is 19.1. The lowest BCUT2D eigenvalue weighted by Gasteiger charge is -2.08. The SMILES string of the molecule is Cc1ccc(C(=O)NCCNC(=O)NC2CC2)cc1F. The lowest BCUT2D eigenvalue weighted by molar-refractivity contribution is 0.0953. The number of halogens is 1. The molecule has 0 aromatic heterocycles. The van der Waals surface area contributed by atoms with Crippen LogP contribution >= 0.6 is 0 Å². The molecule has 5 nitrogen and oxygen atoms in total. The number of carbonyl (C=O) groups excluding carboxylic acids is 2. The number of hydrogen-bond acceptors (Lipinski definition) is 2. The van der Waals surface area contributed by atoms with Crippen molar-refractivity contribution in [3.05, 3.63) is 35.1 Å². The molecular weight excluding hydrogens is 261 g/mol. The summed E-state index contributed by atoms with van der Waals surface area (Å²) in [5.41, 5.74) is 0.774. The van der Waals surface area contributed by atoms with E-state index in [1.807, 2.05) is 0 Å². The molecule has 1 aromatic rings. The predicted octanol–water partition coefficient (Wildman–Crippen LogP) is 1.33. The molecule has 0 spiro atoms. The van der Waals surface area contributed by atoms with Gasteiger partial charge in [-0.3, -0.25) is 4.79 Å². The Bertz CT molecular complexity index is 515. The molecule has 0 aliphatic heterocycles. The van der Waals surface area contributed by atoms with Crippen LogP contribution in [0.25, 0.3) is 0 Å². The average molecular weight is 279 g/mol. The van der Waals surface area contributed by atoms with E-state index in [1.165, 1.54) is 6.07 Å². The van der Waals surface area contributed by atoms with E-state index in [0.29, 0.717) is 24.7 Å². The van der Waals surface area contributed by atoms with Crippen LogP contribution in [0.15, 0.2) is 18.2 Å². The first-order chi connectivity index (χ1) is 9.56. The normalized spacial score (nSPS) is 13.7. The smallest absolute Gasteiger partial charge is 0.315 e. The first-order valence-electron chi connectivity index (χ1n) is 6.65. The third-order valence-corrected chi connectivity index (χ3v) is 3.04. The molecule has 0 unspecified atom stereocenters. The van der Waals surface area contributed by atoms with Crippen LogP contribution in [0.2, 0.25) is 0 Å². The zero-order valence-electron chi connectivity index (χ0n) is 11.3. The van der Waals surface area contributed by atoms with E-state index in [1.54, 1.807) is 19.1 Å². The molecule has 0 saturated heterocycles. The van der Waals surface area contributed by atoms with Crippen molar-refractivity contribution < 1.29 is 14.0 Å². The fraction of sp³-hybridized carbons (Fsp3) is 0.429. The van der Waals surface area contributed by atoms with Gasteiger partial charge in [-0.25, -0.2) is 9.18 Å². The molecule has 20 heavy (non-hydrogen) atoms. The van der Waals surface area contributed by atoms with Crippen LogP contribution in [-0.2, 0) is 0 Å². The minimum absolute atomic E-state index is 0.219. The topological polar surface area (TPSA) is 70.2 Å². The summed E-state index contributed by atoms with van der Waals surface area (Å²) in [4.78, 5) is 23.0. The highest BCUT2D eigenvalue weighted by Crippen LogP contribution is 2.18. The molecule has 1 saturated carbocycles. The van der Waals surface area contributed by atoms with Crippen molar-refractivity contribution in [3.8, 4) is 0 Å². The van der Waals surface area contributed by atoms with Gasteiger partial charge in [0.05, 0.1) is 0 Å². The Labute approximate surface area is 116 Å². The number of rotatable bonds is 5. The number of carbonyl (C=O) groups is 2. The fourth-order valence-corrected chi connectivity index (χ4v) is 1.65. The lowest BCUT2D eigenvalue weighted by Crippen LogP contribution is -2.41. The van der Waals surface area contributed by atoms with Gasteiger partial charge in [0, 0.05) is 24.7 Å². The second-order valence-corrected chi connectivity index (χ2v) is 4.89. The molecule has 6 heteroatoms. The van der Waals surface area contributed by atoms with Gasteiger partial charge in [0.1, 0.15) is 5.82 Å². The largest absolute Gasteiger partial charge is 0.350 e. The molecule has 3 N–H and O–H groups in total.